The lowest BCUT2D eigenvalue weighted by atomic mass is 10.2. The van der Waals surface area contributed by atoms with Crippen molar-refractivity contribution in [3.05, 3.63) is 29.3 Å². The van der Waals surface area contributed by atoms with E-state index in [0.29, 0.717) is 18.5 Å². The largest absolute Gasteiger partial charge is 0.469 e. The summed E-state index contributed by atoms with van der Waals surface area (Å²) >= 11 is 6.07. The molecule has 1 saturated heterocycles. The summed E-state index contributed by atoms with van der Waals surface area (Å²) < 4.78 is 4.73. The van der Waals surface area contributed by atoms with E-state index in [-0.39, 0.29) is 11.9 Å². The predicted octanol–water partition coefficient (Wildman–Crippen LogP) is 1.89. The molecule has 6 nitrogen and oxygen atoms in total. The molecule has 2 rings (SSSR count). The summed E-state index contributed by atoms with van der Waals surface area (Å²) in [6, 6.07) is 8.19. The van der Waals surface area contributed by atoms with Gasteiger partial charge in [-0.1, -0.05) is 24.6 Å². The van der Waals surface area contributed by atoms with E-state index in [1.807, 2.05) is 25.1 Å². The molecule has 1 aromatic rings. The number of aliphatic imine (C=N–C) groups is 1. The first kappa shape index (κ1) is 18.4. The number of ether oxygens (including phenoxy) is 1. The maximum absolute atomic E-state index is 11.4. The van der Waals surface area contributed by atoms with Crippen LogP contribution in [0.4, 0.5) is 5.69 Å². The van der Waals surface area contributed by atoms with Gasteiger partial charge in [0.25, 0.3) is 0 Å². The summed E-state index contributed by atoms with van der Waals surface area (Å²) in [7, 11) is 3.12. The summed E-state index contributed by atoms with van der Waals surface area (Å²) in [5.74, 6) is 0.245. The Kier molecular flexibility index (Phi) is 6.73. The van der Waals surface area contributed by atoms with E-state index in [1.54, 1.807) is 7.05 Å². The SMILES string of the molecule is CN=C(NCC(C)C(=O)OC)NC1CCN(c2cccc(Cl)c2)C1. The number of nitrogens with zero attached hydrogens (tertiary/aromatic N) is 2. The Labute approximate surface area is 148 Å². The monoisotopic (exact) mass is 352 g/mol. The van der Waals surface area contributed by atoms with Gasteiger partial charge in [0, 0.05) is 43.4 Å². The van der Waals surface area contributed by atoms with E-state index in [0.717, 1.165) is 30.2 Å². The fourth-order valence-corrected chi connectivity index (χ4v) is 2.89. The Morgan fingerprint density at radius 1 is 1.54 bits per heavy atom. The molecule has 2 unspecified atom stereocenters. The average Bonchev–Trinajstić information content (AvgIpc) is 3.06. The quantitative estimate of drug-likeness (QED) is 0.481. The van der Waals surface area contributed by atoms with Crippen LogP contribution in [0.2, 0.25) is 5.02 Å². The van der Waals surface area contributed by atoms with Gasteiger partial charge < -0.3 is 20.3 Å². The summed E-state index contributed by atoms with van der Waals surface area (Å²) in [5.41, 5.74) is 1.13. The minimum absolute atomic E-state index is 0.222. The minimum atomic E-state index is -0.231. The summed E-state index contributed by atoms with van der Waals surface area (Å²) in [4.78, 5) is 18.0. The topological polar surface area (TPSA) is 66.0 Å². The molecule has 24 heavy (non-hydrogen) atoms. The Hall–Kier alpha value is -1.95. The van der Waals surface area contributed by atoms with E-state index < -0.39 is 0 Å². The molecule has 7 heteroatoms. The smallest absolute Gasteiger partial charge is 0.310 e. The third-order valence-corrected chi connectivity index (χ3v) is 4.34. The van der Waals surface area contributed by atoms with Crippen LogP contribution in [0.15, 0.2) is 29.3 Å². The summed E-state index contributed by atoms with van der Waals surface area (Å²) in [6.45, 7) is 4.15. The fraction of sp³-hybridized carbons (Fsp3) is 0.529. The van der Waals surface area contributed by atoms with Crippen molar-refractivity contribution < 1.29 is 9.53 Å². The second-order valence-electron chi connectivity index (χ2n) is 5.93. The van der Waals surface area contributed by atoms with Gasteiger partial charge in [-0.2, -0.15) is 0 Å². The number of hydrogen-bond acceptors (Lipinski definition) is 4. The van der Waals surface area contributed by atoms with Crippen molar-refractivity contribution >= 4 is 29.2 Å². The van der Waals surface area contributed by atoms with Crippen LogP contribution < -0.4 is 15.5 Å². The molecule has 0 aliphatic carbocycles. The molecule has 1 fully saturated rings. The van der Waals surface area contributed by atoms with Crippen molar-refractivity contribution in [3.63, 3.8) is 0 Å². The van der Waals surface area contributed by atoms with Gasteiger partial charge in [-0.3, -0.25) is 9.79 Å². The highest BCUT2D eigenvalue weighted by atomic mass is 35.5. The molecule has 0 aromatic heterocycles. The number of nitrogens with one attached hydrogen (secondary N) is 2. The molecule has 1 aromatic carbocycles. The second-order valence-corrected chi connectivity index (χ2v) is 6.37. The minimum Gasteiger partial charge on any atom is -0.469 e. The highest BCUT2D eigenvalue weighted by Gasteiger charge is 2.24. The van der Waals surface area contributed by atoms with Crippen molar-refractivity contribution in [2.24, 2.45) is 10.9 Å². The lowest BCUT2D eigenvalue weighted by Gasteiger charge is -2.21. The Morgan fingerprint density at radius 2 is 2.33 bits per heavy atom. The maximum atomic E-state index is 11.4. The van der Waals surface area contributed by atoms with Crippen molar-refractivity contribution in [2.75, 3.05) is 38.7 Å². The molecule has 0 amide bonds. The van der Waals surface area contributed by atoms with E-state index in [9.17, 15) is 4.79 Å². The van der Waals surface area contributed by atoms with E-state index in [4.69, 9.17) is 16.3 Å². The molecule has 132 valence electrons. The van der Waals surface area contributed by atoms with Crippen LogP contribution in [0, 0.1) is 5.92 Å². The van der Waals surface area contributed by atoms with E-state index in [1.165, 1.54) is 7.11 Å². The zero-order chi connectivity index (χ0) is 17.5. The number of rotatable bonds is 5. The van der Waals surface area contributed by atoms with E-state index >= 15 is 0 Å². The second kappa shape index (κ2) is 8.78. The molecule has 1 heterocycles. The lowest BCUT2D eigenvalue weighted by molar-refractivity contribution is -0.144. The van der Waals surface area contributed by atoms with Gasteiger partial charge in [0.2, 0.25) is 0 Å². The molecule has 0 radical (unpaired) electrons. The number of benzene rings is 1. The van der Waals surface area contributed by atoms with Crippen LogP contribution in [-0.2, 0) is 9.53 Å². The number of esters is 1. The standard InChI is InChI=1S/C17H25ClN4O2/c1-12(16(23)24-3)10-20-17(19-2)21-14-7-8-22(11-14)15-6-4-5-13(18)9-15/h4-6,9,12,14H,7-8,10-11H2,1-3H3,(H2,19,20,21). The number of carbonyl (C=O) groups is 1. The van der Waals surface area contributed by atoms with Gasteiger partial charge in [0.05, 0.1) is 13.0 Å². The van der Waals surface area contributed by atoms with Crippen LogP contribution in [0.25, 0.3) is 0 Å². The number of hydrogen-bond donors (Lipinski definition) is 2. The molecular weight excluding hydrogens is 328 g/mol. The first-order chi connectivity index (χ1) is 11.5. The third kappa shape index (κ3) is 5.03. The highest BCUT2D eigenvalue weighted by molar-refractivity contribution is 6.30. The number of carbonyl (C=O) groups excluding carboxylic acids is 1. The highest BCUT2D eigenvalue weighted by Crippen LogP contribution is 2.23. The maximum Gasteiger partial charge on any atom is 0.310 e. The van der Waals surface area contributed by atoms with Gasteiger partial charge in [0.15, 0.2) is 5.96 Å². The van der Waals surface area contributed by atoms with Crippen LogP contribution in [0.5, 0.6) is 0 Å². The first-order valence-corrected chi connectivity index (χ1v) is 8.46. The number of anilines is 1. The van der Waals surface area contributed by atoms with Crippen molar-refractivity contribution in [1.29, 1.82) is 0 Å². The summed E-state index contributed by atoms with van der Waals surface area (Å²) in [6.07, 6.45) is 1.01. The zero-order valence-corrected chi connectivity index (χ0v) is 15.1. The normalized spacial score (nSPS) is 19.1. The Morgan fingerprint density at radius 3 is 3.00 bits per heavy atom. The number of methoxy groups -OCH3 is 1. The van der Waals surface area contributed by atoms with Crippen LogP contribution in [0.1, 0.15) is 13.3 Å². The van der Waals surface area contributed by atoms with Crippen molar-refractivity contribution in [3.8, 4) is 0 Å². The van der Waals surface area contributed by atoms with Crippen LogP contribution in [0.3, 0.4) is 0 Å². The van der Waals surface area contributed by atoms with Gasteiger partial charge in [-0.25, -0.2) is 0 Å². The van der Waals surface area contributed by atoms with Gasteiger partial charge in [-0.15, -0.1) is 0 Å². The van der Waals surface area contributed by atoms with Gasteiger partial charge in [0.1, 0.15) is 0 Å². The molecular formula is C17H25ClN4O2. The fourth-order valence-electron chi connectivity index (χ4n) is 2.71. The molecule has 2 atom stereocenters. The number of halogens is 1. The lowest BCUT2D eigenvalue weighted by Crippen LogP contribution is -2.46. The number of guanidine groups is 1. The van der Waals surface area contributed by atoms with Crippen LogP contribution >= 0.6 is 11.6 Å². The summed E-state index contributed by atoms with van der Waals surface area (Å²) in [5, 5.41) is 7.33. The molecule has 0 bridgehead atoms. The predicted molar refractivity (Wildman–Crippen MR) is 97.7 cm³/mol. The molecule has 1 aliphatic heterocycles. The zero-order valence-electron chi connectivity index (χ0n) is 14.4. The van der Waals surface area contributed by atoms with Gasteiger partial charge >= 0.3 is 5.97 Å². The van der Waals surface area contributed by atoms with Crippen LogP contribution in [-0.4, -0.2) is 51.8 Å². The molecule has 0 spiro atoms. The van der Waals surface area contributed by atoms with Crippen molar-refractivity contribution in [1.82, 2.24) is 10.6 Å². The Bertz CT molecular complexity index is 594. The first-order valence-electron chi connectivity index (χ1n) is 8.09. The average molecular weight is 353 g/mol. The van der Waals surface area contributed by atoms with E-state index in [2.05, 4.69) is 26.6 Å². The van der Waals surface area contributed by atoms with Gasteiger partial charge in [-0.05, 0) is 24.6 Å². The molecule has 2 N–H and O–H groups in total. The third-order valence-electron chi connectivity index (χ3n) is 4.11. The van der Waals surface area contributed by atoms with Crippen molar-refractivity contribution in [2.45, 2.75) is 19.4 Å². The molecule has 0 saturated carbocycles. The Balaban J connectivity index is 1.83. The molecule has 1 aliphatic rings.